The summed E-state index contributed by atoms with van der Waals surface area (Å²) in [5.41, 5.74) is -0.728. The second kappa shape index (κ2) is 11.0. The highest BCUT2D eigenvalue weighted by atomic mass is 32.2. The van der Waals surface area contributed by atoms with Gasteiger partial charge in [-0.15, -0.1) is 5.39 Å². The number of carbonyl (C=O) groups is 3. The summed E-state index contributed by atoms with van der Waals surface area (Å²) in [5.74, 6) is -1.18. The van der Waals surface area contributed by atoms with Crippen LogP contribution >= 0.6 is 11.8 Å². The van der Waals surface area contributed by atoms with Crippen LogP contribution in [0, 0.1) is 10.6 Å². The molecule has 0 heterocycles. The molecular weight excluding hydrogens is 376 g/mol. The lowest BCUT2D eigenvalue weighted by Gasteiger charge is -2.27. The van der Waals surface area contributed by atoms with Crippen LogP contribution in [0.1, 0.15) is 31.1 Å². The van der Waals surface area contributed by atoms with Gasteiger partial charge in [-0.1, -0.05) is 30.0 Å². The molecule has 0 aromatic heterocycles. The third kappa shape index (κ3) is 8.06. The van der Waals surface area contributed by atoms with Gasteiger partial charge in [-0.05, 0) is 32.9 Å². The maximum absolute atomic E-state index is 12.3. The molecule has 10 heteroatoms. The normalized spacial score (nSPS) is 12.5. The van der Waals surface area contributed by atoms with Gasteiger partial charge in [-0.3, -0.25) is 14.4 Å². The molecule has 0 aliphatic carbocycles. The molecule has 0 saturated heterocycles. The first-order valence-electron chi connectivity index (χ1n) is 8.16. The third-order valence-corrected chi connectivity index (χ3v) is 4.70. The van der Waals surface area contributed by atoms with Gasteiger partial charge in [0.25, 0.3) is 5.91 Å². The van der Waals surface area contributed by atoms with Crippen molar-refractivity contribution in [3.05, 3.63) is 41.1 Å². The first-order valence-corrected chi connectivity index (χ1v) is 9.14. The maximum atomic E-state index is 12.3. The Kier molecular flexibility index (Phi) is 9.39. The minimum absolute atomic E-state index is 0.0557. The minimum Gasteiger partial charge on any atom is -0.738 e. The van der Waals surface area contributed by atoms with E-state index in [1.165, 1.54) is 13.8 Å². The van der Waals surface area contributed by atoms with Crippen LogP contribution < -0.4 is 5.32 Å². The Morgan fingerprint density at radius 1 is 1.30 bits per heavy atom. The van der Waals surface area contributed by atoms with E-state index in [4.69, 9.17) is 9.94 Å². The molecular formula is C17H23N2O7S-. The lowest BCUT2D eigenvalue weighted by molar-refractivity contribution is -0.313. The minimum atomic E-state index is -1.10. The number of carbonyl (C=O) groups excluding carboxylic acids is 3. The summed E-state index contributed by atoms with van der Waals surface area (Å²) in [4.78, 5) is 41.1. The summed E-state index contributed by atoms with van der Waals surface area (Å²) in [5, 5.41) is 20.4. The van der Waals surface area contributed by atoms with Crippen LogP contribution in [0.15, 0.2) is 30.3 Å². The molecule has 0 aliphatic rings. The van der Waals surface area contributed by atoms with Crippen molar-refractivity contribution in [3.63, 3.8) is 0 Å². The Morgan fingerprint density at radius 3 is 2.48 bits per heavy atom. The molecule has 0 aliphatic heterocycles. The van der Waals surface area contributed by atoms with Gasteiger partial charge < -0.3 is 20.5 Å². The van der Waals surface area contributed by atoms with Crippen LogP contribution in [-0.4, -0.2) is 52.6 Å². The number of nitrogens with zero attached hydrogens (tertiary/aromatic N) is 1. The van der Waals surface area contributed by atoms with Crippen molar-refractivity contribution in [2.24, 2.45) is 5.41 Å². The number of amides is 1. The molecule has 0 radical (unpaired) electrons. The number of hydrogen-bond donors (Lipinski definition) is 2. The zero-order valence-electron chi connectivity index (χ0n) is 15.3. The summed E-state index contributed by atoms with van der Waals surface area (Å²) in [6.07, 6.45) is 0. The van der Waals surface area contributed by atoms with Gasteiger partial charge >= 0.3 is 5.97 Å². The molecule has 1 atom stereocenters. The van der Waals surface area contributed by atoms with Gasteiger partial charge in [0.1, 0.15) is 6.04 Å². The first-order chi connectivity index (χ1) is 12.7. The summed E-state index contributed by atoms with van der Waals surface area (Å²) in [7, 11) is 0. The number of benzene rings is 1. The van der Waals surface area contributed by atoms with Gasteiger partial charge in [-0.2, -0.15) is 0 Å². The number of thioether (sulfide) groups is 1. The number of ether oxygens (including phenoxy) is 1. The predicted molar refractivity (Wildman–Crippen MR) is 98.5 cm³/mol. The Bertz CT molecular complexity index is 637. The van der Waals surface area contributed by atoms with E-state index in [0.29, 0.717) is 5.56 Å². The van der Waals surface area contributed by atoms with Crippen LogP contribution in [0.4, 0.5) is 0 Å². The third-order valence-electron chi connectivity index (χ3n) is 3.38. The van der Waals surface area contributed by atoms with Crippen LogP contribution in [-0.2, 0) is 19.2 Å². The topological polar surface area (TPSA) is 128 Å². The fraction of sp³-hybridized carbons (Fsp3) is 0.471. The smallest absolute Gasteiger partial charge is 0.329 e. The highest BCUT2D eigenvalue weighted by Crippen LogP contribution is 2.25. The quantitative estimate of drug-likeness (QED) is 0.446. The SMILES string of the molecule is CCOC(=O)C(CSC(=O)C(C)(C)CON([O-])O)NC(=O)c1ccccc1. The van der Waals surface area contributed by atoms with Gasteiger partial charge in [-0.25, -0.2) is 4.79 Å². The zero-order chi connectivity index (χ0) is 20.4. The van der Waals surface area contributed by atoms with E-state index in [2.05, 4.69) is 10.2 Å². The average molecular weight is 399 g/mol. The Labute approximate surface area is 161 Å². The van der Waals surface area contributed by atoms with E-state index in [0.717, 1.165) is 11.8 Å². The van der Waals surface area contributed by atoms with Crippen LogP contribution in [0.25, 0.3) is 0 Å². The van der Waals surface area contributed by atoms with Gasteiger partial charge in [0.2, 0.25) is 0 Å². The maximum Gasteiger partial charge on any atom is 0.329 e. The highest BCUT2D eigenvalue weighted by molar-refractivity contribution is 8.13. The van der Waals surface area contributed by atoms with Crippen molar-refractivity contribution >= 4 is 28.8 Å². The Morgan fingerprint density at radius 2 is 1.93 bits per heavy atom. The molecule has 0 bridgehead atoms. The summed E-state index contributed by atoms with van der Waals surface area (Å²) >= 11 is 0.798. The molecule has 1 amide bonds. The van der Waals surface area contributed by atoms with Crippen LogP contribution in [0.5, 0.6) is 0 Å². The van der Waals surface area contributed by atoms with Crippen molar-refractivity contribution in [1.29, 1.82) is 0 Å². The predicted octanol–water partition coefficient (Wildman–Crippen LogP) is 1.75. The van der Waals surface area contributed by atoms with E-state index in [-0.39, 0.29) is 24.1 Å². The summed E-state index contributed by atoms with van der Waals surface area (Å²) < 4.78 is 4.95. The average Bonchev–Trinajstić information content (AvgIpc) is 2.63. The molecule has 150 valence electrons. The largest absolute Gasteiger partial charge is 0.738 e. The van der Waals surface area contributed by atoms with Crippen LogP contribution in [0.3, 0.4) is 0 Å². The molecule has 0 saturated carbocycles. The van der Waals surface area contributed by atoms with Gasteiger partial charge in [0, 0.05) is 11.3 Å². The standard InChI is InChI=1S/C17H23N2O7S/c1-4-25-15(21)13(18-14(20)12-8-6-5-7-9-12)10-27-16(22)17(2,3)11-26-19(23)24/h5-9,13,23H,4,10-11H2,1-3H3,(H,18,20)/q-1. The number of hydrogen-bond acceptors (Lipinski definition) is 9. The highest BCUT2D eigenvalue weighted by Gasteiger charge is 2.31. The Balaban J connectivity index is 2.73. The molecule has 2 N–H and O–H groups in total. The van der Waals surface area contributed by atoms with E-state index in [9.17, 15) is 19.6 Å². The van der Waals surface area contributed by atoms with Crippen molar-refractivity contribution in [2.45, 2.75) is 26.8 Å². The zero-order valence-corrected chi connectivity index (χ0v) is 16.2. The van der Waals surface area contributed by atoms with E-state index >= 15 is 0 Å². The molecule has 1 unspecified atom stereocenters. The van der Waals surface area contributed by atoms with Gasteiger partial charge in [0.15, 0.2) is 5.12 Å². The van der Waals surface area contributed by atoms with Crippen molar-refractivity contribution in [1.82, 2.24) is 10.7 Å². The molecule has 1 rings (SSSR count). The molecule has 27 heavy (non-hydrogen) atoms. The first kappa shape index (κ1) is 23.1. The van der Waals surface area contributed by atoms with Crippen LogP contribution in [0.2, 0.25) is 0 Å². The second-order valence-electron chi connectivity index (χ2n) is 6.14. The molecule has 0 fully saturated rings. The lowest BCUT2D eigenvalue weighted by atomic mass is 9.97. The van der Waals surface area contributed by atoms with E-state index < -0.39 is 28.7 Å². The second-order valence-corrected chi connectivity index (χ2v) is 7.13. The number of nitrogens with one attached hydrogen (secondary N) is 1. The fourth-order valence-corrected chi connectivity index (χ4v) is 2.86. The molecule has 1 aromatic carbocycles. The van der Waals surface area contributed by atoms with E-state index in [1.807, 2.05) is 0 Å². The molecule has 1 aromatic rings. The van der Waals surface area contributed by atoms with Crippen molar-refractivity contribution in [3.8, 4) is 0 Å². The van der Waals surface area contributed by atoms with E-state index in [1.54, 1.807) is 37.3 Å². The fourth-order valence-electron chi connectivity index (χ4n) is 1.87. The molecule has 9 nitrogen and oxygen atoms in total. The van der Waals surface area contributed by atoms with Gasteiger partial charge in [0.05, 0.1) is 18.6 Å². The number of esters is 1. The van der Waals surface area contributed by atoms with Crippen molar-refractivity contribution in [2.75, 3.05) is 19.0 Å². The monoisotopic (exact) mass is 399 g/mol. The summed E-state index contributed by atoms with van der Waals surface area (Å²) in [6, 6.07) is 7.30. The van der Waals surface area contributed by atoms with Crippen molar-refractivity contribution < 1.29 is 29.2 Å². The number of rotatable bonds is 10. The Hall–Kier alpha value is -1.98. The summed E-state index contributed by atoms with van der Waals surface area (Å²) in [6.45, 7) is 4.46. The lowest BCUT2D eigenvalue weighted by Crippen LogP contribution is -2.44. The molecule has 0 spiro atoms.